The van der Waals surface area contributed by atoms with Crippen LogP contribution in [-0.2, 0) is 6.54 Å². The van der Waals surface area contributed by atoms with Crippen LogP contribution in [0.1, 0.15) is 45.6 Å². The number of likely N-dealkylation sites (tertiary alicyclic amines) is 1. The fourth-order valence-electron chi connectivity index (χ4n) is 3.06. The van der Waals surface area contributed by atoms with Gasteiger partial charge in [0, 0.05) is 26.2 Å². The molecule has 0 aliphatic carbocycles. The molecule has 24 heavy (non-hydrogen) atoms. The van der Waals surface area contributed by atoms with Crippen molar-refractivity contribution >= 4 is 6.03 Å². The Hall–Kier alpha value is -1.75. The van der Waals surface area contributed by atoms with Gasteiger partial charge in [0.25, 0.3) is 0 Å². The number of rotatable bonds is 6. The zero-order valence-corrected chi connectivity index (χ0v) is 15.0. The molecule has 1 aromatic carbocycles. The van der Waals surface area contributed by atoms with Crippen LogP contribution in [0.25, 0.3) is 0 Å². The fourth-order valence-corrected chi connectivity index (χ4v) is 3.06. The van der Waals surface area contributed by atoms with E-state index in [0.29, 0.717) is 19.6 Å². The van der Waals surface area contributed by atoms with Crippen LogP contribution in [0.3, 0.4) is 0 Å². The number of piperidine rings is 1. The number of ether oxygens (including phenoxy) is 1. The third kappa shape index (κ3) is 4.87. The predicted octanol–water partition coefficient (Wildman–Crippen LogP) is 3.17. The number of hydrogen-bond donors (Lipinski definition) is 2. The lowest BCUT2D eigenvalue weighted by molar-refractivity contribution is 0.0519. The van der Waals surface area contributed by atoms with Crippen LogP contribution in [0.4, 0.5) is 4.79 Å². The van der Waals surface area contributed by atoms with Gasteiger partial charge in [-0.25, -0.2) is 4.79 Å². The maximum absolute atomic E-state index is 12.3. The molecule has 1 saturated heterocycles. The van der Waals surface area contributed by atoms with E-state index in [1.54, 1.807) is 0 Å². The van der Waals surface area contributed by atoms with Gasteiger partial charge < -0.3 is 20.1 Å². The first-order valence-electron chi connectivity index (χ1n) is 8.87. The quantitative estimate of drug-likeness (QED) is 0.840. The standard InChI is InChI=1S/C19H30N2O3/c1-4-19(14-22)9-11-21(12-10-19)18(23)20-13-16-5-7-17(8-6-16)24-15(2)3/h5-8,15,22H,4,9-14H2,1-3H3,(H,20,23). The second kappa shape index (κ2) is 8.38. The molecule has 0 unspecified atom stereocenters. The third-order valence-corrected chi connectivity index (χ3v) is 4.94. The van der Waals surface area contributed by atoms with Gasteiger partial charge in [-0.05, 0) is 56.2 Å². The van der Waals surface area contributed by atoms with Gasteiger partial charge >= 0.3 is 6.03 Å². The highest BCUT2D eigenvalue weighted by molar-refractivity contribution is 5.74. The summed E-state index contributed by atoms with van der Waals surface area (Å²) in [6.45, 7) is 8.24. The molecule has 2 amide bonds. The smallest absolute Gasteiger partial charge is 0.317 e. The SMILES string of the molecule is CCC1(CO)CCN(C(=O)NCc2ccc(OC(C)C)cc2)CC1. The number of aliphatic hydroxyl groups excluding tert-OH is 1. The van der Waals surface area contributed by atoms with E-state index in [9.17, 15) is 9.90 Å². The molecule has 5 heteroatoms. The maximum atomic E-state index is 12.3. The normalized spacial score (nSPS) is 17.0. The largest absolute Gasteiger partial charge is 0.491 e. The molecule has 2 rings (SSSR count). The summed E-state index contributed by atoms with van der Waals surface area (Å²) in [5.41, 5.74) is 1.05. The Bertz CT molecular complexity index is 514. The Labute approximate surface area is 145 Å². The topological polar surface area (TPSA) is 61.8 Å². The lowest BCUT2D eigenvalue weighted by Crippen LogP contribution is -2.48. The molecule has 0 aromatic heterocycles. The molecule has 5 nitrogen and oxygen atoms in total. The maximum Gasteiger partial charge on any atom is 0.317 e. The van der Waals surface area contributed by atoms with Crippen LogP contribution in [0.15, 0.2) is 24.3 Å². The predicted molar refractivity (Wildman–Crippen MR) is 95.1 cm³/mol. The van der Waals surface area contributed by atoms with E-state index in [0.717, 1.165) is 30.6 Å². The molecule has 0 atom stereocenters. The van der Waals surface area contributed by atoms with Crippen LogP contribution < -0.4 is 10.1 Å². The Morgan fingerprint density at radius 1 is 1.29 bits per heavy atom. The minimum atomic E-state index is -0.0276. The van der Waals surface area contributed by atoms with E-state index in [-0.39, 0.29) is 24.2 Å². The number of carbonyl (C=O) groups excluding carboxylic acids is 1. The van der Waals surface area contributed by atoms with E-state index in [1.807, 2.05) is 43.0 Å². The van der Waals surface area contributed by atoms with E-state index in [4.69, 9.17) is 4.74 Å². The van der Waals surface area contributed by atoms with Gasteiger partial charge in [-0.15, -0.1) is 0 Å². The summed E-state index contributed by atoms with van der Waals surface area (Å²) >= 11 is 0. The van der Waals surface area contributed by atoms with Crippen molar-refractivity contribution in [3.63, 3.8) is 0 Å². The van der Waals surface area contributed by atoms with Crippen molar-refractivity contribution in [2.45, 2.75) is 52.7 Å². The van der Waals surface area contributed by atoms with Gasteiger partial charge in [-0.1, -0.05) is 19.1 Å². The number of hydrogen-bond acceptors (Lipinski definition) is 3. The first-order valence-corrected chi connectivity index (χ1v) is 8.87. The van der Waals surface area contributed by atoms with Crippen LogP contribution in [0.5, 0.6) is 5.75 Å². The van der Waals surface area contributed by atoms with Gasteiger partial charge in [-0.2, -0.15) is 0 Å². The van der Waals surface area contributed by atoms with Crippen molar-refractivity contribution in [2.75, 3.05) is 19.7 Å². The van der Waals surface area contributed by atoms with E-state index in [1.165, 1.54) is 0 Å². The van der Waals surface area contributed by atoms with Gasteiger partial charge in [0.2, 0.25) is 0 Å². The van der Waals surface area contributed by atoms with Gasteiger partial charge in [0.05, 0.1) is 6.10 Å². The zero-order chi connectivity index (χ0) is 17.6. The lowest BCUT2D eigenvalue weighted by atomic mass is 9.77. The van der Waals surface area contributed by atoms with Crippen LogP contribution in [0, 0.1) is 5.41 Å². The van der Waals surface area contributed by atoms with Gasteiger partial charge in [-0.3, -0.25) is 0 Å². The minimum absolute atomic E-state index is 0.00300. The molecule has 0 radical (unpaired) electrons. The first kappa shape index (κ1) is 18.6. The Kier molecular flexibility index (Phi) is 6.49. The molecule has 1 fully saturated rings. The lowest BCUT2D eigenvalue weighted by Gasteiger charge is -2.40. The molecule has 1 aliphatic heterocycles. The molecule has 1 aliphatic rings. The molecule has 1 aromatic rings. The number of nitrogens with one attached hydrogen (secondary N) is 1. The molecule has 2 N–H and O–H groups in total. The number of amides is 2. The Balaban J connectivity index is 1.79. The number of aliphatic hydroxyl groups is 1. The summed E-state index contributed by atoms with van der Waals surface area (Å²) in [7, 11) is 0. The molecule has 134 valence electrons. The van der Waals surface area contributed by atoms with Crippen molar-refractivity contribution in [3.8, 4) is 5.75 Å². The van der Waals surface area contributed by atoms with E-state index in [2.05, 4.69) is 12.2 Å². The Morgan fingerprint density at radius 2 is 1.92 bits per heavy atom. The van der Waals surface area contributed by atoms with Crippen LogP contribution >= 0.6 is 0 Å². The monoisotopic (exact) mass is 334 g/mol. The van der Waals surface area contributed by atoms with Crippen LogP contribution in [0.2, 0.25) is 0 Å². The first-order chi connectivity index (χ1) is 11.5. The summed E-state index contributed by atoms with van der Waals surface area (Å²) in [5.74, 6) is 0.844. The summed E-state index contributed by atoms with van der Waals surface area (Å²) in [4.78, 5) is 14.1. The van der Waals surface area contributed by atoms with E-state index >= 15 is 0 Å². The van der Waals surface area contributed by atoms with Crippen molar-refractivity contribution in [1.29, 1.82) is 0 Å². The van der Waals surface area contributed by atoms with Crippen LogP contribution in [-0.4, -0.2) is 41.8 Å². The van der Waals surface area contributed by atoms with Crippen molar-refractivity contribution in [1.82, 2.24) is 10.2 Å². The third-order valence-electron chi connectivity index (χ3n) is 4.94. The highest BCUT2D eigenvalue weighted by atomic mass is 16.5. The number of benzene rings is 1. The summed E-state index contributed by atoms with van der Waals surface area (Å²) in [6.07, 6.45) is 2.86. The molecule has 0 saturated carbocycles. The number of urea groups is 1. The van der Waals surface area contributed by atoms with Crippen molar-refractivity contribution in [3.05, 3.63) is 29.8 Å². The van der Waals surface area contributed by atoms with Gasteiger partial charge in [0.15, 0.2) is 0 Å². The molecule has 0 bridgehead atoms. The van der Waals surface area contributed by atoms with Crippen molar-refractivity contribution in [2.24, 2.45) is 5.41 Å². The molecular formula is C19H30N2O3. The zero-order valence-electron chi connectivity index (χ0n) is 15.0. The second-order valence-corrected chi connectivity index (χ2v) is 6.97. The highest BCUT2D eigenvalue weighted by Gasteiger charge is 2.33. The van der Waals surface area contributed by atoms with Crippen molar-refractivity contribution < 1.29 is 14.6 Å². The summed E-state index contributed by atoms with van der Waals surface area (Å²) < 4.78 is 5.61. The average molecular weight is 334 g/mol. The fraction of sp³-hybridized carbons (Fsp3) is 0.632. The highest BCUT2D eigenvalue weighted by Crippen LogP contribution is 2.34. The summed E-state index contributed by atoms with van der Waals surface area (Å²) in [6, 6.07) is 7.78. The average Bonchev–Trinajstić information content (AvgIpc) is 2.60. The summed E-state index contributed by atoms with van der Waals surface area (Å²) in [5, 5.41) is 12.5. The minimum Gasteiger partial charge on any atom is -0.491 e. The molecule has 0 spiro atoms. The Morgan fingerprint density at radius 3 is 2.42 bits per heavy atom. The van der Waals surface area contributed by atoms with Gasteiger partial charge in [0.1, 0.15) is 5.75 Å². The molecule has 1 heterocycles. The number of nitrogens with zero attached hydrogens (tertiary/aromatic N) is 1. The van der Waals surface area contributed by atoms with E-state index < -0.39 is 0 Å². The second-order valence-electron chi connectivity index (χ2n) is 6.97. The number of carbonyl (C=O) groups is 1. The molecular weight excluding hydrogens is 304 g/mol.